The van der Waals surface area contributed by atoms with Gasteiger partial charge in [-0.15, -0.1) is 0 Å². The molecule has 1 unspecified atom stereocenters. The predicted molar refractivity (Wildman–Crippen MR) is 220 cm³/mol. The number of nitrogens with zero attached hydrogens (tertiary/aromatic N) is 6. The van der Waals surface area contributed by atoms with E-state index >= 15 is 0 Å². The average Bonchev–Trinajstić information content (AvgIpc) is 3.49. The highest BCUT2D eigenvalue weighted by molar-refractivity contribution is 6.33. The summed E-state index contributed by atoms with van der Waals surface area (Å²) in [5, 5.41) is 9.17. The monoisotopic (exact) mass is 823 g/mol. The Morgan fingerprint density at radius 2 is 1.69 bits per heavy atom. The number of hydrogen-bond donors (Lipinski definition) is 3. The van der Waals surface area contributed by atoms with Gasteiger partial charge in [-0.2, -0.15) is 4.98 Å². The number of halogens is 1. The van der Waals surface area contributed by atoms with E-state index in [2.05, 4.69) is 30.7 Å². The molecule has 4 aliphatic heterocycles. The fourth-order valence-electron chi connectivity index (χ4n) is 8.68. The van der Waals surface area contributed by atoms with Crippen molar-refractivity contribution in [1.29, 1.82) is 0 Å². The number of carbonyl (C=O) groups is 5. The van der Waals surface area contributed by atoms with E-state index in [0.29, 0.717) is 46.1 Å². The molecule has 8 rings (SSSR count). The molecule has 3 fully saturated rings. The first-order valence-corrected chi connectivity index (χ1v) is 20.5. The van der Waals surface area contributed by atoms with Crippen molar-refractivity contribution in [3.8, 4) is 5.75 Å². The van der Waals surface area contributed by atoms with Gasteiger partial charge in [-0.1, -0.05) is 17.7 Å². The van der Waals surface area contributed by atoms with Crippen molar-refractivity contribution in [3.05, 3.63) is 80.7 Å². The molecule has 3 N–H and O–H groups in total. The molecule has 6 heterocycles. The van der Waals surface area contributed by atoms with Crippen molar-refractivity contribution >= 4 is 69.5 Å². The first-order chi connectivity index (χ1) is 28.5. The van der Waals surface area contributed by atoms with Gasteiger partial charge in [0.15, 0.2) is 18.2 Å². The minimum Gasteiger partial charge on any atom is -0.478 e. The number of imide groups is 2. The lowest BCUT2D eigenvalue weighted by molar-refractivity contribution is -0.136. The first-order valence-electron chi connectivity index (χ1n) is 20.1. The maximum Gasteiger partial charge on any atom is 0.293 e. The van der Waals surface area contributed by atoms with E-state index in [1.165, 1.54) is 7.05 Å². The van der Waals surface area contributed by atoms with Crippen molar-refractivity contribution in [2.45, 2.75) is 64.0 Å². The van der Waals surface area contributed by atoms with Crippen LogP contribution in [0, 0.1) is 5.92 Å². The third-order valence-electron chi connectivity index (χ3n) is 11.9. The van der Waals surface area contributed by atoms with Crippen LogP contribution in [0.3, 0.4) is 0 Å². The zero-order chi connectivity index (χ0) is 41.4. The van der Waals surface area contributed by atoms with Crippen LogP contribution >= 0.6 is 11.6 Å². The molecule has 0 bridgehead atoms. The average molecular weight is 824 g/mol. The number of aromatic nitrogens is 3. The van der Waals surface area contributed by atoms with Crippen molar-refractivity contribution in [3.63, 3.8) is 0 Å². The summed E-state index contributed by atoms with van der Waals surface area (Å²) in [5.74, 6) is -0.363. The molecule has 3 saturated heterocycles. The van der Waals surface area contributed by atoms with Crippen LogP contribution in [-0.2, 0) is 20.9 Å². The largest absolute Gasteiger partial charge is 0.478 e. The molecule has 2 aromatic carbocycles. The Hall–Kier alpha value is -5.87. The van der Waals surface area contributed by atoms with Gasteiger partial charge in [0.05, 0.1) is 22.8 Å². The molecule has 59 heavy (non-hydrogen) atoms. The summed E-state index contributed by atoms with van der Waals surface area (Å²) in [6, 6.07) is 11.7. The molecule has 16 nitrogen and oxygen atoms in total. The molecule has 0 saturated carbocycles. The van der Waals surface area contributed by atoms with Crippen LogP contribution < -0.4 is 31.1 Å². The Kier molecular flexibility index (Phi) is 11.4. The highest BCUT2D eigenvalue weighted by Crippen LogP contribution is 2.35. The maximum atomic E-state index is 13.4. The number of nitrogens with one attached hydrogen (secondary N) is 3. The number of rotatable bonds is 11. The predicted octanol–water partition coefficient (Wildman–Crippen LogP) is 3.83. The number of piperidine rings is 3. The summed E-state index contributed by atoms with van der Waals surface area (Å²) >= 11 is 6.58. The second-order valence-electron chi connectivity index (χ2n) is 15.5. The van der Waals surface area contributed by atoms with Gasteiger partial charge < -0.3 is 29.7 Å². The molecule has 0 spiro atoms. The number of anilines is 3. The van der Waals surface area contributed by atoms with E-state index in [1.54, 1.807) is 22.9 Å². The van der Waals surface area contributed by atoms with Gasteiger partial charge in [0, 0.05) is 50.7 Å². The lowest BCUT2D eigenvalue weighted by Crippen LogP contribution is -2.54. The quantitative estimate of drug-likeness (QED) is 0.186. The molecule has 2 aromatic heterocycles. The van der Waals surface area contributed by atoms with Crippen molar-refractivity contribution in [1.82, 2.24) is 35.0 Å². The number of benzene rings is 2. The van der Waals surface area contributed by atoms with E-state index in [9.17, 15) is 28.8 Å². The second kappa shape index (κ2) is 16.8. The number of aryl methyl sites for hydroxylation is 1. The molecule has 1 atom stereocenters. The minimum atomic E-state index is -0.973. The minimum absolute atomic E-state index is 0.0892. The Morgan fingerprint density at radius 3 is 2.42 bits per heavy atom. The Bertz CT molecular complexity index is 2410. The molecule has 4 aromatic rings. The highest BCUT2D eigenvalue weighted by atomic mass is 35.5. The topological polar surface area (TPSA) is 188 Å². The Balaban J connectivity index is 0.848. The molecule has 0 aliphatic carbocycles. The standard InChI is InChI=1S/C42H46ClN9O7/c1-3-51-32-7-5-28(18-27(32)20-34(41(51)58)59-23-36(54)44-2)46-37-31(43)21-45-42(48-37)50-16-10-24(11-17-50)22-49-14-12-25(13-15-49)26-4-6-29-30(19-26)40(57)52(39(29)56)33-8-9-35(53)47-38(33)55/h4-7,18-21,24-25,33H,3,8-17,22-23H2,1-2H3,(H,44,54)(H,45,46,48)(H,47,53,55). The zero-order valence-electron chi connectivity index (χ0n) is 33.0. The van der Waals surface area contributed by atoms with Crippen LogP contribution in [0.25, 0.3) is 10.9 Å². The van der Waals surface area contributed by atoms with Gasteiger partial charge >= 0.3 is 0 Å². The van der Waals surface area contributed by atoms with E-state index in [1.807, 2.05) is 37.3 Å². The van der Waals surface area contributed by atoms with Crippen LogP contribution in [0.5, 0.6) is 5.75 Å². The van der Waals surface area contributed by atoms with Crippen LogP contribution in [0.1, 0.15) is 77.6 Å². The normalized spacial score (nSPS) is 19.3. The van der Waals surface area contributed by atoms with E-state index in [-0.39, 0.29) is 42.6 Å². The van der Waals surface area contributed by atoms with Crippen LogP contribution in [0.15, 0.2) is 53.5 Å². The van der Waals surface area contributed by atoms with Gasteiger partial charge in [-0.25, -0.2) is 4.98 Å². The Morgan fingerprint density at radius 1 is 0.932 bits per heavy atom. The fourth-order valence-corrected chi connectivity index (χ4v) is 8.82. The number of hydrogen-bond acceptors (Lipinski definition) is 12. The first kappa shape index (κ1) is 39.9. The molecular weight excluding hydrogens is 778 g/mol. The van der Waals surface area contributed by atoms with E-state index in [4.69, 9.17) is 21.3 Å². The van der Waals surface area contributed by atoms with Gasteiger partial charge in [0.1, 0.15) is 11.1 Å². The van der Waals surface area contributed by atoms with Gasteiger partial charge in [-0.3, -0.25) is 39.0 Å². The number of amides is 5. The molecule has 308 valence electrons. The molecule has 0 radical (unpaired) electrons. The molecule has 4 aliphatic rings. The number of pyridine rings is 1. The van der Waals surface area contributed by atoms with Crippen LogP contribution in [0.2, 0.25) is 5.02 Å². The van der Waals surface area contributed by atoms with Gasteiger partial charge in [0.25, 0.3) is 23.3 Å². The fraction of sp³-hybridized carbons (Fsp3) is 0.429. The van der Waals surface area contributed by atoms with Crippen LogP contribution in [0.4, 0.5) is 17.5 Å². The molecule has 17 heteroatoms. The van der Waals surface area contributed by atoms with Crippen LogP contribution in [-0.4, -0.2) is 106 Å². The lowest BCUT2D eigenvalue weighted by Gasteiger charge is -2.38. The summed E-state index contributed by atoms with van der Waals surface area (Å²) in [7, 11) is 1.51. The molecular formula is C42H46ClN9O7. The van der Waals surface area contributed by atoms with Crippen molar-refractivity contribution in [2.24, 2.45) is 5.92 Å². The lowest BCUT2D eigenvalue weighted by atomic mass is 9.87. The SMILES string of the molecule is CCn1c(=O)c(OCC(=O)NC)cc2cc(Nc3nc(N4CCC(CN5CCC(c6ccc7c(c6)C(=O)N(C6CCC(=O)NC6=O)C7=O)CC5)CC4)ncc3Cl)ccc21. The summed E-state index contributed by atoms with van der Waals surface area (Å²) in [5.41, 5.74) is 2.80. The zero-order valence-corrected chi connectivity index (χ0v) is 33.7. The number of likely N-dealkylation sites (N-methyl/N-ethyl adjacent to an activating group) is 1. The third kappa shape index (κ3) is 8.11. The van der Waals surface area contributed by atoms with Crippen molar-refractivity contribution < 1.29 is 28.7 Å². The maximum absolute atomic E-state index is 13.4. The summed E-state index contributed by atoms with van der Waals surface area (Å²) in [6.07, 6.45) is 5.69. The van der Waals surface area contributed by atoms with E-state index in [0.717, 1.165) is 79.8 Å². The number of fused-ring (bicyclic) bond motifs is 2. The smallest absolute Gasteiger partial charge is 0.293 e. The third-order valence-corrected chi connectivity index (χ3v) is 12.2. The highest BCUT2D eigenvalue weighted by Gasteiger charge is 2.45. The summed E-state index contributed by atoms with van der Waals surface area (Å²) in [6.45, 7) is 6.52. The number of carbonyl (C=O) groups excluding carboxylic acids is 5. The summed E-state index contributed by atoms with van der Waals surface area (Å²) in [4.78, 5) is 90.5. The van der Waals surface area contributed by atoms with Crippen molar-refractivity contribution in [2.75, 3.05) is 56.6 Å². The number of ether oxygens (including phenoxy) is 1. The number of likely N-dealkylation sites (tertiary alicyclic amines) is 1. The van der Waals surface area contributed by atoms with Gasteiger partial charge in [0.2, 0.25) is 17.8 Å². The van der Waals surface area contributed by atoms with E-state index < -0.39 is 29.7 Å². The summed E-state index contributed by atoms with van der Waals surface area (Å²) < 4.78 is 7.16. The second-order valence-corrected chi connectivity index (χ2v) is 15.9. The Labute approximate surface area is 345 Å². The molecule has 5 amide bonds. The van der Waals surface area contributed by atoms with Gasteiger partial charge in [-0.05, 0) is 106 Å².